The monoisotopic (exact) mass is 301 g/mol. The van der Waals surface area contributed by atoms with E-state index >= 15 is 0 Å². The van der Waals surface area contributed by atoms with Crippen LogP contribution in [-0.4, -0.2) is 38.7 Å². The van der Waals surface area contributed by atoms with Crippen molar-refractivity contribution in [3.05, 3.63) is 0 Å². The van der Waals surface area contributed by atoms with Gasteiger partial charge in [-0.05, 0) is 32.6 Å². The van der Waals surface area contributed by atoms with Crippen LogP contribution in [0.3, 0.4) is 0 Å². The van der Waals surface area contributed by atoms with Crippen LogP contribution in [0.2, 0.25) is 0 Å². The van der Waals surface area contributed by atoms with E-state index in [1.54, 1.807) is 0 Å². The lowest BCUT2D eigenvalue weighted by atomic mass is 9.85. The Hall–Kier alpha value is -0.300. The SMILES string of the molecule is C[C@H](CCS(C)(=O)=O)N[C@@H]1CCC[C@@H](C(F)(F)F)C1. The molecule has 0 amide bonds. The van der Waals surface area contributed by atoms with Gasteiger partial charge in [-0.2, -0.15) is 13.2 Å². The van der Waals surface area contributed by atoms with Crippen LogP contribution in [0.4, 0.5) is 13.2 Å². The van der Waals surface area contributed by atoms with Crippen LogP contribution in [0, 0.1) is 5.92 Å². The van der Waals surface area contributed by atoms with Gasteiger partial charge < -0.3 is 5.32 Å². The summed E-state index contributed by atoms with van der Waals surface area (Å²) in [5, 5.41) is 3.13. The van der Waals surface area contributed by atoms with Crippen LogP contribution in [0.1, 0.15) is 39.0 Å². The second-order valence-electron chi connectivity index (χ2n) is 5.59. The van der Waals surface area contributed by atoms with E-state index in [1.807, 2.05) is 6.92 Å². The first-order valence-corrected chi connectivity index (χ1v) is 8.64. The molecule has 0 aromatic carbocycles. The highest BCUT2D eigenvalue weighted by molar-refractivity contribution is 7.90. The fourth-order valence-electron chi connectivity index (χ4n) is 2.52. The van der Waals surface area contributed by atoms with Gasteiger partial charge in [0.1, 0.15) is 9.84 Å². The van der Waals surface area contributed by atoms with Crippen molar-refractivity contribution in [3.63, 3.8) is 0 Å². The second-order valence-corrected chi connectivity index (χ2v) is 7.85. The van der Waals surface area contributed by atoms with E-state index in [9.17, 15) is 21.6 Å². The molecule has 19 heavy (non-hydrogen) atoms. The molecule has 1 aliphatic rings. The van der Waals surface area contributed by atoms with E-state index in [0.29, 0.717) is 12.8 Å². The second kappa shape index (κ2) is 6.43. The van der Waals surface area contributed by atoms with Crippen LogP contribution >= 0.6 is 0 Å². The molecule has 0 bridgehead atoms. The molecule has 1 rings (SSSR count). The van der Waals surface area contributed by atoms with E-state index in [1.165, 1.54) is 6.26 Å². The Bertz CT molecular complexity index is 381. The molecular formula is C12H22F3NO2S. The largest absolute Gasteiger partial charge is 0.391 e. The number of hydrogen-bond acceptors (Lipinski definition) is 3. The zero-order valence-electron chi connectivity index (χ0n) is 11.3. The number of halogens is 3. The third-order valence-corrected chi connectivity index (χ3v) is 4.56. The number of sulfone groups is 1. The molecule has 0 spiro atoms. The lowest BCUT2D eigenvalue weighted by Crippen LogP contribution is -2.43. The molecule has 3 atom stereocenters. The highest BCUT2D eigenvalue weighted by atomic mass is 32.2. The first-order valence-electron chi connectivity index (χ1n) is 6.58. The third kappa shape index (κ3) is 6.61. The number of hydrogen-bond donors (Lipinski definition) is 1. The zero-order valence-corrected chi connectivity index (χ0v) is 12.1. The highest BCUT2D eigenvalue weighted by Gasteiger charge is 2.42. The number of rotatable bonds is 5. The van der Waals surface area contributed by atoms with E-state index in [2.05, 4.69) is 5.32 Å². The van der Waals surface area contributed by atoms with Gasteiger partial charge in [-0.1, -0.05) is 6.42 Å². The average molecular weight is 301 g/mol. The predicted molar refractivity (Wildman–Crippen MR) is 68.7 cm³/mol. The maximum absolute atomic E-state index is 12.6. The molecule has 0 aliphatic heterocycles. The lowest BCUT2D eigenvalue weighted by molar-refractivity contribution is -0.183. The van der Waals surface area contributed by atoms with Gasteiger partial charge in [-0.15, -0.1) is 0 Å². The van der Waals surface area contributed by atoms with Gasteiger partial charge in [0.05, 0.1) is 11.7 Å². The maximum atomic E-state index is 12.6. The lowest BCUT2D eigenvalue weighted by Gasteiger charge is -2.32. The Morgan fingerprint density at radius 2 is 1.95 bits per heavy atom. The molecule has 0 aromatic heterocycles. The first-order chi connectivity index (χ1) is 8.58. The van der Waals surface area contributed by atoms with Crippen molar-refractivity contribution < 1.29 is 21.6 Å². The minimum Gasteiger partial charge on any atom is -0.311 e. The van der Waals surface area contributed by atoms with Gasteiger partial charge in [0.2, 0.25) is 0 Å². The zero-order chi connectivity index (χ0) is 14.7. The normalized spacial score (nSPS) is 27.2. The highest BCUT2D eigenvalue weighted by Crippen LogP contribution is 2.37. The summed E-state index contributed by atoms with van der Waals surface area (Å²) in [6, 6.07) is -0.235. The Morgan fingerprint density at radius 3 is 2.47 bits per heavy atom. The molecule has 3 nitrogen and oxygen atoms in total. The van der Waals surface area contributed by atoms with Crippen LogP contribution in [-0.2, 0) is 9.84 Å². The number of alkyl halides is 3. The first kappa shape index (κ1) is 16.8. The summed E-state index contributed by atoms with van der Waals surface area (Å²) in [4.78, 5) is 0. The van der Waals surface area contributed by atoms with Crippen LogP contribution in [0.25, 0.3) is 0 Å². The van der Waals surface area contributed by atoms with E-state index in [0.717, 1.165) is 6.42 Å². The summed E-state index contributed by atoms with van der Waals surface area (Å²) in [5.74, 6) is -1.16. The summed E-state index contributed by atoms with van der Waals surface area (Å²) in [6.45, 7) is 1.82. The number of nitrogens with one attached hydrogen (secondary N) is 1. The topological polar surface area (TPSA) is 46.2 Å². The van der Waals surface area contributed by atoms with Crippen LogP contribution < -0.4 is 5.32 Å². The van der Waals surface area contributed by atoms with Crippen molar-refractivity contribution in [1.29, 1.82) is 0 Å². The van der Waals surface area contributed by atoms with Crippen LogP contribution in [0.5, 0.6) is 0 Å². The standard InChI is InChI=1S/C12H22F3NO2S/c1-9(6-7-19(2,17)18)16-11-5-3-4-10(8-11)12(13,14)15/h9-11,16H,3-8H2,1-2H3/t9-,10-,11-/m1/s1. The van der Waals surface area contributed by atoms with Crippen molar-refractivity contribution in [1.82, 2.24) is 5.32 Å². The van der Waals surface area contributed by atoms with Gasteiger partial charge >= 0.3 is 6.18 Å². The minimum atomic E-state index is -4.11. The molecule has 0 aromatic rings. The minimum absolute atomic E-state index is 0.0661. The van der Waals surface area contributed by atoms with E-state index < -0.39 is 21.9 Å². The summed E-state index contributed by atoms with van der Waals surface area (Å²) in [5.41, 5.74) is 0. The smallest absolute Gasteiger partial charge is 0.311 e. The molecule has 1 fully saturated rings. The molecule has 114 valence electrons. The fourth-order valence-corrected chi connectivity index (χ4v) is 3.30. The molecule has 1 aliphatic carbocycles. The predicted octanol–water partition coefficient (Wildman–Crippen LogP) is 2.52. The Labute approximate surface area is 112 Å². The summed E-state index contributed by atoms with van der Waals surface area (Å²) in [6.07, 6.45) is -0.898. The Kier molecular flexibility index (Phi) is 5.67. The average Bonchev–Trinajstić information content (AvgIpc) is 2.25. The van der Waals surface area contributed by atoms with Crippen LogP contribution in [0.15, 0.2) is 0 Å². The molecule has 7 heteroatoms. The van der Waals surface area contributed by atoms with Gasteiger partial charge in [-0.25, -0.2) is 8.42 Å². The Balaban J connectivity index is 2.40. The summed E-state index contributed by atoms with van der Waals surface area (Å²) >= 11 is 0. The van der Waals surface area contributed by atoms with Crippen molar-refractivity contribution in [2.75, 3.05) is 12.0 Å². The van der Waals surface area contributed by atoms with E-state index in [4.69, 9.17) is 0 Å². The molecule has 1 N–H and O–H groups in total. The third-order valence-electron chi connectivity index (χ3n) is 3.58. The summed E-state index contributed by atoms with van der Waals surface area (Å²) in [7, 11) is -3.01. The molecule has 1 saturated carbocycles. The molecular weight excluding hydrogens is 279 g/mol. The van der Waals surface area contributed by atoms with Crippen molar-refractivity contribution >= 4 is 9.84 Å². The quantitative estimate of drug-likeness (QED) is 0.849. The van der Waals surface area contributed by atoms with Gasteiger partial charge in [0.25, 0.3) is 0 Å². The van der Waals surface area contributed by atoms with Gasteiger partial charge in [0.15, 0.2) is 0 Å². The van der Waals surface area contributed by atoms with Crippen molar-refractivity contribution in [3.8, 4) is 0 Å². The fraction of sp³-hybridized carbons (Fsp3) is 1.00. The molecule has 0 heterocycles. The van der Waals surface area contributed by atoms with E-state index in [-0.39, 0.29) is 30.7 Å². The Morgan fingerprint density at radius 1 is 1.32 bits per heavy atom. The molecule has 0 unspecified atom stereocenters. The molecule has 0 saturated heterocycles. The molecule has 0 radical (unpaired) electrons. The van der Waals surface area contributed by atoms with Gasteiger partial charge in [0, 0.05) is 18.3 Å². The maximum Gasteiger partial charge on any atom is 0.391 e. The van der Waals surface area contributed by atoms with Crippen molar-refractivity contribution in [2.24, 2.45) is 5.92 Å². The summed E-state index contributed by atoms with van der Waals surface area (Å²) < 4.78 is 60.0. The van der Waals surface area contributed by atoms with Gasteiger partial charge in [-0.3, -0.25) is 0 Å². The van der Waals surface area contributed by atoms with Crippen molar-refractivity contribution in [2.45, 2.75) is 57.3 Å².